The van der Waals surface area contributed by atoms with E-state index in [1.165, 1.54) is 18.2 Å². The summed E-state index contributed by atoms with van der Waals surface area (Å²) < 4.78 is 18.4. The van der Waals surface area contributed by atoms with E-state index in [1.54, 1.807) is 19.1 Å². The summed E-state index contributed by atoms with van der Waals surface area (Å²) in [6, 6.07) is 7.35. The van der Waals surface area contributed by atoms with E-state index in [4.69, 9.17) is 16.0 Å². The van der Waals surface area contributed by atoms with Crippen molar-refractivity contribution in [3.63, 3.8) is 0 Å². The van der Waals surface area contributed by atoms with Gasteiger partial charge in [-0.1, -0.05) is 11.6 Å². The van der Waals surface area contributed by atoms with Crippen LogP contribution in [0.1, 0.15) is 18.8 Å². The molecular weight excluding hydrogens is 231 g/mol. The predicted octanol–water partition coefficient (Wildman–Crippen LogP) is 3.79. The van der Waals surface area contributed by atoms with Gasteiger partial charge in [0.25, 0.3) is 0 Å². The molecule has 16 heavy (non-hydrogen) atoms. The molecule has 0 radical (unpaired) electrons. The summed E-state index contributed by atoms with van der Waals surface area (Å²) in [4.78, 5) is 0. The van der Waals surface area contributed by atoms with Crippen LogP contribution in [0, 0.1) is 5.82 Å². The van der Waals surface area contributed by atoms with Crippen LogP contribution in [0.25, 0.3) is 11.3 Å². The lowest BCUT2D eigenvalue weighted by Crippen LogP contribution is -1.86. The summed E-state index contributed by atoms with van der Waals surface area (Å²) in [5.74, 6) is 0.491. The Morgan fingerprint density at radius 2 is 2.06 bits per heavy atom. The molecular formula is C12H10ClFO2. The maximum Gasteiger partial charge on any atom is 0.136 e. The highest BCUT2D eigenvalue weighted by molar-refractivity contribution is 6.33. The zero-order chi connectivity index (χ0) is 11.7. The SMILES string of the molecule is CC(O)c1ccc(-c2cc(F)ccc2Cl)o1. The molecule has 0 saturated carbocycles. The number of aliphatic hydroxyl groups is 1. The summed E-state index contributed by atoms with van der Waals surface area (Å²) in [7, 11) is 0. The Labute approximate surface area is 97.3 Å². The highest BCUT2D eigenvalue weighted by atomic mass is 35.5. The molecule has 1 N–H and O–H groups in total. The first-order valence-corrected chi connectivity index (χ1v) is 5.19. The van der Waals surface area contributed by atoms with Gasteiger partial charge >= 0.3 is 0 Å². The molecule has 0 amide bonds. The van der Waals surface area contributed by atoms with Crippen molar-refractivity contribution in [1.29, 1.82) is 0 Å². The molecule has 1 aromatic carbocycles. The van der Waals surface area contributed by atoms with Crippen molar-refractivity contribution in [2.24, 2.45) is 0 Å². The van der Waals surface area contributed by atoms with E-state index < -0.39 is 6.10 Å². The molecule has 0 spiro atoms. The molecule has 2 rings (SSSR count). The minimum absolute atomic E-state index is 0.380. The fourth-order valence-corrected chi connectivity index (χ4v) is 1.62. The lowest BCUT2D eigenvalue weighted by molar-refractivity contribution is 0.170. The fourth-order valence-electron chi connectivity index (χ4n) is 1.41. The third-order valence-corrected chi connectivity index (χ3v) is 2.56. The average Bonchev–Trinajstić information content (AvgIpc) is 2.70. The lowest BCUT2D eigenvalue weighted by Gasteiger charge is -2.02. The number of aliphatic hydroxyl groups excluding tert-OH is 1. The first kappa shape index (κ1) is 11.2. The number of hydrogen-bond acceptors (Lipinski definition) is 2. The molecule has 0 aliphatic rings. The fraction of sp³-hybridized carbons (Fsp3) is 0.167. The third kappa shape index (κ3) is 2.10. The second kappa shape index (κ2) is 4.28. The summed E-state index contributed by atoms with van der Waals surface area (Å²) in [6.45, 7) is 1.59. The summed E-state index contributed by atoms with van der Waals surface area (Å²) in [5, 5.41) is 9.72. The Hall–Kier alpha value is -1.32. The number of rotatable bonds is 2. The van der Waals surface area contributed by atoms with Crippen LogP contribution in [0.15, 0.2) is 34.7 Å². The monoisotopic (exact) mass is 240 g/mol. The minimum Gasteiger partial charge on any atom is -0.458 e. The topological polar surface area (TPSA) is 33.4 Å². The van der Waals surface area contributed by atoms with Crippen molar-refractivity contribution < 1.29 is 13.9 Å². The summed E-state index contributed by atoms with van der Waals surface area (Å²) in [6.07, 6.45) is -0.693. The van der Waals surface area contributed by atoms with Crippen LogP contribution >= 0.6 is 11.6 Å². The van der Waals surface area contributed by atoms with Gasteiger partial charge in [0.2, 0.25) is 0 Å². The van der Waals surface area contributed by atoms with Gasteiger partial charge in [-0.05, 0) is 37.3 Å². The van der Waals surface area contributed by atoms with Gasteiger partial charge in [-0.15, -0.1) is 0 Å². The Balaban J connectivity index is 2.46. The molecule has 2 nitrogen and oxygen atoms in total. The first-order chi connectivity index (χ1) is 7.58. The molecule has 0 bridgehead atoms. The molecule has 4 heteroatoms. The Morgan fingerprint density at radius 1 is 1.31 bits per heavy atom. The average molecular weight is 241 g/mol. The highest BCUT2D eigenvalue weighted by Crippen LogP contribution is 2.31. The van der Waals surface area contributed by atoms with E-state index >= 15 is 0 Å². The highest BCUT2D eigenvalue weighted by Gasteiger charge is 2.11. The van der Waals surface area contributed by atoms with Crippen LogP contribution in [-0.4, -0.2) is 5.11 Å². The van der Waals surface area contributed by atoms with Gasteiger partial charge in [0.05, 0.1) is 5.02 Å². The predicted molar refractivity (Wildman–Crippen MR) is 59.7 cm³/mol. The van der Waals surface area contributed by atoms with Gasteiger partial charge in [0.15, 0.2) is 0 Å². The van der Waals surface area contributed by atoms with E-state index in [-0.39, 0.29) is 5.82 Å². The Morgan fingerprint density at radius 3 is 2.69 bits per heavy atom. The van der Waals surface area contributed by atoms with Gasteiger partial charge in [0, 0.05) is 5.56 Å². The summed E-state index contributed by atoms with van der Waals surface area (Å²) in [5.41, 5.74) is 0.480. The van der Waals surface area contributed by atoms with Crippen molar-refractivity contribution in [2.75, 3.05) is 0 Å². The largest absolute Gasteiger partial charge is 0.458 e. The molecule has 1 unspecified atom stereocenters. The van der Waals surface area contributed by atoms with Crippen LogP contribution in [0.5, 0.6) is 0 Å². The second-order valence-electron chi connectivity index (χ2n) is 3.50. The summed E-state index contributed by atoms with van der Waals surface area (Å²) >= 11 is 5.93. The molecule has 0 aliphatic carbocycles. The molecule has 0 fully saturated rings. The van der Waals surface area contributed by atoms with Crippen molar-refractivity contribution >= 4 is 11.6 Å². The molecule has 84 valence electrons. The number of benzene rings is 1. The van der Waals surface area contributed by atoms with Crippen LogP contribution in [-0.2, 0) is 0 Å². The van der Waals surface area contributed by atoms with Gasteiger partial charge in [0.1, 0.15) is 23.4 Å². The third-order valence-electron chi connectivity index (χ3n) is 2.23. The van der Waals surface area contributed by atoms with Crippen molar-refractivity contribution in [3.05, 3.63) is 46.9 Å². The van der Waals surface area contributed by atoms with Crippen molar-refractivity contribution in [1.82, 2.24) is 0 Å². The zero-order valence-corrected chi connectivity index (χ0v) is 9.33. The van der Waals surface area contributed by atoms with Crippen LogP contribution in [0.3, 0.4) is 0 Å². The molecule has 2 aromatic rings. The van der Waals surface area contributed by atoms with E-state index in [9.17, 15) is 9.50 Å². The van der Waals surface area contributed by atoms with Crippen molar-refractivity contribution in [2.45, 2.75) is 13.0 Å². The molecule has 1 heterocycles. The minimum atomic E-state index is -0.693. The van der Waals surface area contributed by atoms with Gasteiger partial charge in [-0.3, -0.25) is 0 Å². The van der Waals surface area contributed by atoms with E-state index in [0.717, 1.165) is 0 Å². The van der Waals surface area contributed by atoms with E-state index in [0.29, 0.717) is 22.1 Å². The molecule has 0 aliphatic heterocycles. The molecule has 1 aromatic heterocycles. The number of furan rings is 1. The maximum atomic E-state index is 13.0. The van der Waals surface area contributed by atoms with Gasteiger partial charge < -0.3 is 9.52 Å². The standard InChI is InChI=1S/C12H10ClFO2/c1-7(15)11-4-5-12(16-11)9-6-8(14)2-3-10(9)13/h2-7,15H,1H3. The first-order valence-electron chi connectivity index (χ1n) is 4.81. The quantitative estimate of drug-likeness (QED) is 0.866. The maximum absolute atomic E-state index is 13.0. The lowest BCUT2D eigenvalue weighted by atomic mass is 10.2. The van der Waals surface area contributed by atoms with Crippen molar-refractivity contribution in [3.8, 4) is 11.3 Å². The van der Waals surface area contributed by atoms with Crippen LogP contribution in [0.2, 0.25) is 5.02 Å². The van der Waals surface area contributed by atoms with E-state index in [1.807, 2.05) is 0 Å². The zero-order valence-electron chi connectivity index (χ0n) is 8.58. The van der Waals surface area contributed by atoms with Gasteiger partial charge in [-0.25, -0.2) is 4.39 Å². The number of hydrogen-bond donors (Lipinski definition) is 1. The smallest absolute Gasteiger partial charge is 0.136 e. The van der Waals surface area contributed by atoms with E-state index in [2.05, 4.69) is 0 Å². The normalized spacial score (nSPS) is 12.8. The van der Waals surface area contributed by atoms with Crippen LogP contribution < -0.4 is 0 Å². The Bertz CT molecular complexity index is 505. The van der Waals surface area contributed by atoms with Crippen LogP contribution in [0.4, 0.5) is 4.39 Å². The molecule has 1 atom stereocenters. The number of halogens is 2. The molecule has 0 saturated heterocycles. The van der Waals surface area contributed by atoms with Gasteiger partial charge in [-0.2, -0.15) is 0 Å². The Kier molecular flexibility index (Phi) is 2.99. The second-order valence-corrected chi connectivity index (χ2v) is 3.91.